The van der Waals surface area contributed by atoms with E-state index >= 15 is 0 Å². The highest BCUT2D eigenvalue weighted by atomic mass is 32.1. The lowest BCUT2D eigenvalue weighted by Gasteiger charge is -2.10. The van der Waals surface area contributed by atoms with Gasteiger partial charge >= 0.3 is 5.97 Å². The zero-order chi connectivity index (χ0) is 17.2. The summed E-state index contributed by atoms with van der Waals surface area (Å²) in [6, 6.07) is 6.18. The number of amides is 2. The second-order valence-corrected chi connectivity index (χ2v) is 4.63. The molecular formula is C14H17N3O5S. The van der Waals surface area contributed by atoms with Gasteiger partial charge in [0.25, 0.3) is 5.91 Å². The molecule has 0 aliphatic carbocycles. The molecule has 1 rings (SSSR count). The Morgan fingerprint density at radius 1 is 1.13 bits per heavy atom. The van der Waals surface area contributed by atoms with Gasteiger partial charge in [0.1, 0.15) is 5.75 Å². The zero-order valence-electron chi connectivity index (χ0n) is 12.7. The van der Waals surface area contributed by atoms with Crippen molar-refractivity contribution in [2.24, 2.45) is 0 Å². The lowest BCUT2D eigenvalue weighted by Crippen LogP contribution is -2.49. The Bertz CT molecular complexity index is 589. The van der Waals surface area contributed by atoms with E-state index in [4.69, 9.17) is 21.7 Å². The average molecular weight is 339 g/mol. The molecule has 124 valence electrons. The van der Waals surface area contributed by atoms with E-state index < -0.39 is 11.9 Å². The summed E-state index contributed by atoms with van der Waals surface area (Å²) in [6.07, 6.45) is 0. The maximum Gasteiger partial charge on any atom is 0.338 e. The van der Waals surface area contributed by atoms with Gasteiger partial charge in [-0.2, -0.15) is 0 Å². The summed E-state index contributed by atoms with van der Waals surface area (Å²) < 4.78 is 10.1. The van der Waals surface area contributed by atoms with Gasteiger partial charge in [0, 0.05) is 6.92 Å². The summed E-state index contributed by atoms with van der Waals surface area (Å²) in [5.74, 6) is -0.855. The van der Waals surface area contributed by atoms with E-state index in [0.29, 0.717) is 17.9 Å². The van der Waals surface area contributed by atoms with E-state index in [9.17, 15) is 14.4 Å². The van der Waals surface area contributed by atoms with E-state index in [2.05, 4.69) is 16.2 Å². The van der Waals surface area contributed by atoms with Crippen molar-refractivity contribution >= 4 is 35.1 Å². The van der Waals surface area contributed by atoms with Crippen LogP contribution in [0, 0.1) is 0 Å². The molecule has 1 aromatic carbocycles. The van der Waals surface area contributed by atoms with Crippen LogP contribution in [0.25, 0.3) is 0 Å². The van der Waals surface area contributed by atoms with Crippen molar-refractivity contribution in [2.75, 3.05) is 13.2 Å². The van der Waals surface area contributed by atoms with E-state index in [1.165, 1.54) is 19.1 Å². The summed E-state index contributed by atoms with van der Waals surface area (Å²) >= 11 is 4.74. The minimum absolute atomic E-state index is 0.0235. The molecule has 2 amide bonds. The topological polar surface area (TPSA) is 106 Å². The van der Waals surface area contributed by atoms with Crippen LogP contribution in [-0.4, -0.2) is 36.1 Å². The lowest BCUT2D eigenvalue weighted by molar-refractivity contribution is -0.124. The molecule has 0 bridgehead atoms. The van der Waals surface area contributed by atoms with Gasteiger partial charge < -0.3 is 14.8 Å². The number of nitrogens with one attached hydrogen (secondary N) is 3. The van der Waals surface area contributed by atoms with Crippen LogP contribution in [0.3, 0.4) is 0 Å². The van der Waals surface area contributed by atoms with Crippen LogP contribution in [0.4, 0.5) is 0 Å². The summed E-state index contributed by atoms with van der Waals surface area (Å²) in [6.45, 7) is 3.04. The summed E-state index contributed by atoms with van der Waals surface area (Å²) in [5.41, 5.74) is 5.00. The monoisotopic (exact) mass is 339 g/mol. The second kappa shape index (κ2) is 9.36. The zero-order valence-corrected chi connectivity index (χ0v) is 13.5. The highest BCUT2D eigenvalue weighted by Crippen LogP contribution is 2.12. The van der Waals surface area contributed by atoms with Gasteiger partial charge in [-0.3, -0.25) is 20.4 Å². The molecule has 0 atom stereocenters. The number of thiocarbonyl (C=S) groups is 1. The predicted octanol–water partition coefficient (Wildman–Crippen LogP) is 0.284. The van der Waals surface area contributed by atoms with Crippen LogP contribution in [0.1, 0.15) is 24.2 Å². The molecule has 0 saturated heterocycles. The predicted molar refractivity (Wildman–Crippen MR) is 85.6 cm³/mol. The van der Waals surface area contributed by atoms with Crippen LogP contribution in [0.5, 0.6) is 5.75 Å². The third-order valence-corrected chi connectivity index (χ3v) is 2.54. The number of esters is 1. The molecule has 23 heavy (non-hydrogen) atoms. The smallest absolute Gasteiger partial charge is 0.338 e. The number of hydrogen-bond donors (Lipinski definition) is 3. The van der Waals surface area contributed by atoms with Crippen molar-refractivity contribution in [3.8, 4) is 5.75 Å². The highest BCUT2D eigenvalue weighted by molar-refractivity contribution is 7.80. The van der Waals surface area contributed by atoms with E-state index in [-0.39, 0.29) is 17.6 Å². The second-order valence-electron chi connectivity index (χ2n) is 4.22. The molecule has 0 aliphatic heterocycles. The Morgan fingerprint density at radius 2 is 1.78 bits per heavy atom. The molecule has 0 spiro atoms. The molecule has 1 aromatic rings. The number of benzene rings is 1. The number of ether oxygens (including phenoxy) is 2. The number of hydrazine groups is 1. The molecule has 8 nitrogen and oxygen atoms in total. The Hall–Kier alpha value is -2.68. The first-order chi connectivity index (χ1) is 10.9. The Morgan fingerprint density at radius 3 is 2.35 bits per heavy atom. The number of carbonyl (C=O) groups excluding carboxylic acids is 3. The van der Waals surface area contributed by atoms with Gasteiger partial charge in [-0.1, -0.05) is 0 Å². The van der Waals surface area contributed by atoms with Gasteiger partial charge in [0.2, 0.25) is 5.91 Å². The fraction of sp³-hybridized carbons (Fsp3) is 0.286. The molecule has 0 unspecified atom stereocenters. The highest BCUT2D eigenvalue weighted by Gasteiger charge is 2.07. The van der Waals surface area contributed by atoms with Crippen molar-refractivity contribution in [2.45, 2.75) is 13.8 Å². The molecule has 0 aliphatic rings. The van der Waals surface area contributed by atoms with Crippen LogP contribution in [0.2, 0.25) is 0 Å². The molecular weight excluding hydrogens is 322 g/mol. The average Bonchev–Trinajstić information content (AvgIpc) is 2.51. The minimum atomic E-state index is -0.493. The van der Waals surface area contributed by atoms with Crippen molar-refractivity contribution in [3.63, 3.8) is 0 Å². The van der Waals surface area contributed by atoms with Crippen LogP contribution in [-0.2, 0) is 14.3 Å². The van der Waals surface area contributed by atoms with Crippen molar-refractivity contribution in [1.29, 1.82) is 0 Å². The first-order valence-corrected chi connectivity index (χ1v) is 7.09. The Labute approximate surface area is 138 Å². The summed E-state index contributed by atoms with van der Waals surface area (Å²) in [7, 11) is 0. The van der Waals surface area contributed by atoms with E-state index in [1.807, 2.05) is 0 Å². The summed E-state index contributed by atoms with van der Waals surface area (Å²) in [4.78, 5) is 33.7. The molecule has 3 N–H and O–H groups in total. The maximum atomic E-state index is 11.5. The lowest BCUT2D eigenvalue weighted by atomic mass is 10.2. The molecule has 9 heteroatoms. The van der Waals surface area contributed by atoms with Crippen molar-refractivity contribution < 1.29 is 23.9 Å². The standard InChI is InChI=1S/C14H17N3O5S/c1-3-21-13(20)10-4-6-11(7-5-10)22-8-12(19)16-17-14(23)15-9(2)18/h4-7H,3,8H2,1-2H3,(H,16,19)(H2,15,17,18,23). The fourth-order valence-electron chi connectivity index (χ4n) is 1.40. The van der Waals surface area contributed by atoms with Gasteiger partial charge in [-0.05, 0) is 43.4 Å². The normalized spacial score (nSPS) is 9.48. The first-order valence-electron chi connectivity index (χ1n) is 6.68. The van der Waals surface area contributed by atoms with Gasteiger partial charge in [0.05, 0.1) is 12.2 Å². The maximum absolute atomic E-state index is 11.5. The SMILES string of the molecule is CCOC(=O)c1ccc(OCC(=O)NNC(=S)NC(C)=O)cc1. The van der Waals surface area contributed by atoms with Crippen LogP contribution in [0.15, 0.2) is 24.3 Å². The molecule has 0 saturated carbocycles. The first kappa shape index (κ1) is 18.4. The molecule has 0 fully saturated rings. The number of carbonyl (C=O) groups is 3. The quantitative estimate of drug-likeness (QED) is 0.402. The molecule has 0 radical (unpaired) electrons. The van der Waals surface area contributed by atoms with Crippen molar-refractivity contribution in [3.05, 3.63) is 29.8 Å². The van der Waals surface area contributed by atoms with Gasteiger partial charge in [-0.25, -0.2) is 4.79 Å². The van der Waals surface area contributed by atoms with Crippen LogP contribution < -0.4 is 20.9 Å². The van der Waals surface area contributed by atoms with Crippen LogP contribution >= 0.6 is 12.2 Å². The third-order valence-electron chi connectivity index (χ3n) is 2.34. The molecule has 0 aromatic heterocycles. The van der Waals surface area contributed by atoms with E-state index in [1.54, 1.807) is 19.1 Å². The molecule has 0 heterocycles. The number of rotatable bonds is 5. The van der Waals surface area contributed by atoms with Gasteiger partial charge in [-0.15, -0.1) is 0 Å². The Kier molecular flexibility index (Phi) is 7.48. The van der Waals surface area contributed by atoms with Crippen molar-refractivity contribution in [1.82, 2.24) is 16.2 Å². The van der Waals surface area contributed by atoms with E-state index in [0.717, 1.165) is 0 Å². The fourth-order valence-corrected chi connectivity index (χ4v) is 1.60. The van der Waals surface area contributed by atoms with Gasteiger partial charge in [0.15, 0.2) is 11.7 Å². The largest absolute Gasteiger partial charge is 0.484 e. The minimum Gasteiger partial charge on any atom is -0.484 e. The Balaban J connectivity index is 2.37. The number of hydrogen-bond acceptors (Lipinski definition) is 6. The third kappa shape index (κ3) is 7.23. The summed E-state index contributed by atoms with van der Waals surface area (Å²) in [5, 5.41) is 2.26.